The summed E-state index contributed by atoms with van der Waals surface area (Å²) >= 11 is 1.65. The number of hydrogen-bond donors (Lipinski definition) is 0. The molecule has 1 aliphatic heterocycles. The van der Waals surface area contributed by atoms with Gasteiger partial charge in [-0.1, -0.05) is 12.1 Å². The van der Waals surface area contributed by atoms with Crippen molar-refractivity contribution in [2.24, 2.45) is 0 Å². The molecule has 0 spiro atoms. The van der Waals surface area contributed by atoms with Gasteiger partial charge in [-0.15, -0.1) is 21.5 Å². The molecule has 30 heavy (non-hydrogen) atoms. The number of ether oxygens (including phenoxy) is 2. The quantitative estimate of drug-likeness (QED) is 0.605. The van der Waals surface area contributed by atoms with Gasteiger partial charge in [0.2, 0.25) is 0 Å². The van der Waals surface area contributed by atoms with E-state index in [2.05, 4.69) is 15.1 Å². The summed E-state index contributed by atoms with van der Waals surface area (Å²) in [4.78, 5) is 17.7. The molecule has 1 aliphatic rings. The van der Waals surface area contributed by atoms with Crippen molar-refractivity contribution in [3.8, 4) is 22.1 Å². The van der Waals surface area contributed by atoms with Gasteiger partial charge in [0.1, 0.15) is 5.69 Å². The lowest BCUT2D eigenvalue weighted by molar-refractivity contribution is -0.133. The van der Waals surface area contributed by atoms with Crippen LogP contribution in [0.2, 0.25) is 0 Å². The van der Waals surface area contributed by atoms with Gasteiger partial charge in [-0.2, -0.15) is 0 Å². The number of amides is 1. The third-order valence-electron chi connectivity index (χ3n) is 5.05. The van der Waals surface area contributed by atoms with Gasteiger partial charge in [0.25, 0.3) is 5.91 Å². The van der Waals surface area contributed by atoms with E-state index in [0.717, 1.165) is 22.0 Å². The molecule has 0 N–H and O–H groups in total. The molecule has 0 saturated carbocycles. The van der Waals surface area contributed by atoms with Gasteiger partial charge < -0.3 is 19.3 Å². The lowest BCUT2D eigenvalue weighted by Crippen LogP contribution is -2.50. The van der Waals surface area contributed by atoms with Gasteiger partial charge in [0.05, 0.1) is 12.0 Å². The molecule has 0 aliphatic carbocycles. The molecule has 0 bridgehead atoms. The molecule has 0 unspecified atom stereocenters. The van der Waals surface area contributed by atoms with Crippen molar-refractivity contribution in [3.05, 3.63) is 53.4 Å². The van der Waals surface area contributed by atoms with E-state index in [-0.39, 0.29) is 12.5 Å². The largest absolute Gasteiger partial charge is 0.493 e. The molecular weight excluding hydrogens is 400 g/mol. The van der Waals surface area contributed by atoms with E-state index >= 15 is 0 Å². The Labute approximate surface area is 179 Å². The van der Waals surface area contributed by atoms with Crippen LogP contribution in [0.25, 0.3) is 10.6 Å². The Morgan fingerprint density at radius 3 is 2.57 bits per heavy atom. The highest BCUT2D eigenvalue weighted by atomic mass is 32.1. The second-order valence-corrected chi connectivity index (χ2v) is 8.01. The van der Waals surface area contributed by atoms with Crippen molar-refractivity contribution in [2.75, 3.05) is 44.8 Å². The maximum absolute atomic E-state index is 12.6. The van der Waals surface area contributed by atoms with Crippen LogP contribution in [0.15, 0.2) is 47.8 Å². The van der Waals surface area contributed by atoms with Crippen LogP contribution < -0.4 is 14.4 Å². The van der Waals surface area contributed by atoms with Crippen LogP contribution in [0.4, 0.5) is 5.82 Å². The first-order chi connectivity index (χ1) is 14.6. The van der Waals surface area contributed by atoms with Crippen LogP contribution in [0, 0.1) is 6.92 Å². The predicted octanol–water partition coefficient (Wildman–Crippen LogP) is 3.25. The summed E-state index contributed by atoms with van der Waals surface area (Å²) in [5.74, 6) is 2.02. The minimum absolute atomic E-state index is 0.00522. The highest BCUT2D eigenvalue weighted by Crippen LogP contribution is 2.28. The Balaban J connectivity index is 1.29. The molecule has 3 aromatic rings. The summed E-state index contributed by atoms with van der Waals surface area (Å²) in [6, 6.07) is 13.7. The molecule has 1 aromatic carbocycles. The van der Waals surface area contributed by atoms with Gasteiger partial charge in [-0.05, 0) is 48.2 Å². The number of aromatic nitrogens is 2. The number of piperazine rings is 1. The van der Waals surface area contributed by atoms with E-state index in [9.17, 15) is 4.79 Å². The number of hydrogen-bond acceptors (Lipinski definition) is 7. The Morgan fingerprint density at radius 2 is 1.90 bits per heavy atom. The van der Waals surface area contributed by atoms with Crippen LogP contribution in [-0.2, 0) is 4.79 Å². The van der Waals surface area contributed by atoms with Crippen LogP contribution in [0.5, 0.6) is 11.5 Å². The van der Waals surface area contributed by atoms with E-state index < -0.39 is 0 Å². The number of rotatable bonds is 6. The minimum Gasteiger partial charge on any atom is -0.493 e. The van der Waals surface area contributed by atoms with Crippen molar-refractivity contribution in [2.45, 2.75) is 6.92 Å². The summed E-state index contributed by atoms with van der Waals surface area (Å²) in [6.07, 6.45) is 0. The zero-order chi connectivity index (χ0) is 20.9. The predicted molar refractivity (Wildman–Crippen MR) is 117 cm³/mol. The molecule has 1 saturated heterocycles. The second kappa shape index (κ2) is 9.13. The van der Waals surface area contributed by atoms with E-state index in [4.69, 9.17) is 9.47 Å². The average molecular weight is 425 g/mol. The number of aryl methyl sites for hydroxylation is 1. The maximum Gasteiger partial charge on any atom is 0.260 e. The summed E-state index contributed by atoms with van der Waals surface area (Å²) in [6.45, 7) is 4.66. The van der Waals surface area contributed by atoms with Crippen molar-refractivity contribution < 1.29 is 14.3 Å². The van der Waals surface area contributed by atoms with Gasteiger partial charge >= 0.3 is 0 Å². The molecule has 156 valence electrons. The van der Waals surface area contributed by atoms with E-state index in [1.54, 1.807) is 18.4 Å². The van der Waals surface area contributed by atoms with Crippen molar-refractivity contribution in [3.63, 3.8) is 0 Å². The number of methoxy groups -OCH3 is 1. The third kappa shape index (κ3) is 4.54. The molecule has 0 atom stereocenters. The van der Waals surface area contributed by atoms with E-state index in [1.807, 2.05) is 59.7 Å². The highest BCUT2D eigenvalue weighted by Gasteiger charge is 2.23. The lowest BCUT2D eigenvalue weighted by Gasteiger charge is -2.35. The van der Waals surface area contributed by atoms with E-state index in [1.165, 1.54) is 0 Å². The molecule has 7 nitrogen and oxygen atoms in total. The van der Waals surface area contributed by atoms with Crippen LogP contribution in [-0.4, -0.2) is 60.9 Å². The van der Waals surface area contributed by atoms with Crippen molar-refractivity contribution in [1.29, 1.82) is 0 Å². The number of nitrogens with zero attached hydrogens (tertiary/aromatic N) is 4. The summed E-state index contributed by atoms with van der Waals surface area (Å²) in [5.41, 5.74) is 1.96. The first-order valence-electron chi connectivity index (χ1n) is 9.82. The van der Waals surface area contributed by atoms with E-state index in [0.29, 0.717) is 37.7 Å². The van der Waals surface area contributed by atoms with Crippen LogP contribution in [0.3, 0.4) is 0 Å². The molecular formula is C22H24N4O3S. The number of thiophene rings is 1. The monoisotopic (exact) mass is 424 g/mol. The standard InChI is InChI=1S/C22H24N4O3S/c1-16-5-7-18(19(14-16)28-2)29-15-22(27)26-11-9-25(10-12-26)21-8-6-17(23-24-21)20-4-3-13-30-20/h3-8,13-14H,9-12,15H2,1-2H3. The van der Waals surface area contributed by atoms with Crippen LogP contribution in [0.1, 0.15) is 5.56 Å². The zero-order valence-electron chi connectivity index (χ0n) is 17.1. The Bertz CT molecular complexity index is 984. The highest BCUT2D eigenvalue weighted by molar-refractivity contribution is 7.13. The summed E-state index contributed by atoms with van der Waals surface area (Å²) in [7, 11) is 1.60. The molecule has 2 aromatic heterocycles. The first kappa shape index (κ1) is 20.2. The van der Waals surface area contributed by atoms with Gasteiger partial charge in [0, 0.05) is 26.2 Å². The average Bonchev–Trinajstić information content (AvgIpc) is 3.33. The van der Waals surface area contributed by atoms with Gasteiger partial charge in [0.15, 0.2) is 23.9 Å². The Hall–Kier alpha value is -3.13. The SMILES string of the molecule is COc1cc(C)ccc1OCC(=O)N1CCN(c2ccc(-c3cccs3)nn2)CC1. The fraction of sp³-hybridized carbons (Fsp3) is 0.318. The number of benzene rings is 1. The first-order valence-corrected chi connectivity index (χ1v) is 10.7. The molecule has 1 fully saturated rings. The normalized spacial score (nSPS) is 13.9. The third-order valence-corrected chi connectivity index (χ3v) is 5.94. The molecule has 8 heteroatoms. The number of carbonyl (C=O) groups excluding carboxylic acids is 1. The molecule has 4 rings (SSSR count). The summed E-state index contributed by atoms with van der Waals surface area (Å²) in [5, 5.41) is 10.7. The molecule has 1 amide bonds. The Kier molecular flexibility index (Phi) is 6.13. The fourth-order valence-corrected chi connectivity index (χ4v) is 4.05. The molecule has 0 radical (unpaired) electrons. The molecule has 3 heterocycles. The Morgan fingerprint density at radius 1 is 1.07 bits per heavy atom. The fourth-order valence-electron chi connectivity index (χ4n) is 3.36. The summed E-state index contributed by atoms with van der Waals surface area (Å²) < 4.78 is 11.0. The topological polar surface area (TPSA) is 67.8 Å². The van der Waals surface area contributed by atoms with Gasteiger partial charge in [-0.3, -0.25) is 4.79 Å². The van der Waals surface area contributed by atoms with Crippen molar-refractivity contribution in [1.82, 2.24) is 15.1 Å². The smallest absolute Gasteiger partial charge is 0.260 e. The lowest BCUT2D eigenvalue weighted by atomic mass is 10.2. The second-order valence-electron chi connectivity index (χ2n) is 7.06. The zero-order valence-corrected chi connectivity index (χ0v) is 17.9. The van der Waals surface area contributed by atoms with Gasteiger partial charge in [-0.25, -0.2) is 0 Å². The number of carbonyl (C=O) groups is 1. The number of anilines is 1. The minimum atomic E-state index is -0.0311. The van der Waals surface area contributed by atoms with Crippen LogP contribution >= 0.6 is 11.3 Å². The maximum atomic E-state index is 12.6. The van der Waals surface area contributed by atoms with Crippen molar-refractivity contribution >= 4 is 23.1 Å².